The van der Waals surface area contributed by atoms with Gasteiger partial charge in [-0.05, 0) is 74.8 Å². The van der Waals surface area contributed by atoms with Crippen molar-refractivity contribution in [1.29, 1.82) is 0 Å². The summed E-state index contributed by atoms with van der Waals surface area (Å²) in [6, 6.07) is 66.6. The van der Waals surface area contributed by atoms with Gasteiger partial charge in [0.25, 0.3) is 0 Å². The highest BCUT2D eigenvalue weighted by Gasteiger charge is 2.21. The molecule has 12 aromatic rings. The van der Waals surface area contributed by atoms with Gasteiger partial charge in [0.2, 0.25) is 0 Å². The molecule has 0 unspecified atom stereocenters. The topological polar surface area (TPSA) is 43.9 Å². The Morgan fingerprint density at radius 1 is 0.357 bits per heavy atom. The van der Waals surface area contributed by atoms with Gasteiger partial charge in [0.15, 0.2) is 5.82 Å². The Morgan fingerprint density at radius 2 is 0.982 bits per heavy atom. The van der Waals surface area contributed by atoms with Crippen LogP contribution in [0.15, 0.2) is 192 Å². The quantitative estimate of drug-likeness (QED) is 0.167. The second kappa shape index (κ2) is 12.0. The van der Waals surface area contributed by atoms with E-state index in [1.54, 1.807) is 0 Å². The van der Waals surface area contributed by atoms with Crippen LogP contribution in [-0.2, 0) is 0 Å². The monoisotopic (exact) mass is 713 g/mol. The predicted molar refractivity (Wildman–Crippen MR) is 232 cm³/mol. The van der Waals surface area contributed by atoms with E-state index >= 15 is 0 Å². The van der Waals surface area contributed by atoms with Gasteiger partial charge in [0.1, 0.15) is 17.0 Å². The standard InChI is InChI=1S/C52H31N3O/c1-3-13-32(14-4-1)37-27-28-47-51-49(37)42-30-35(25-26-38(42)41-21-12-24-46(56-47)50(41)51)34-17-11-18-36(29-34)43-31-48(54-52(53-43)33-15-5-2-6-16-33)55-44-22-9-7-19-39(44)40-20-8-10-23-45(40)55/h1-31H. The van der Waals surface area contributed by atoms with Gasteiger partial charge in [-0.15, -0.1) is 0 Å². The minimum Gasteiger partial charge on any atom is -0.456 e. The molecule has 3 heterocycles. The highest BCUT2D eigenvalue weighted by atomic mass is 16.3. The molecule has 0 saturated heterocycles. The van der Waals surface area contributed by atoms with Crippen molar-refractivity contribution in [1.82, 2.24) is 14.5 Å². The van der Waals surface area contributed by atoms with E-state index in [1.807, 2.05) is 18.2 Å². The average Bonchev–Trinajstić information content (AvgIpc) is 3.83. The second-order valence-electron chi connectivity index (χ2n) is 14.5. The highest BCUT2D eigenvalue weighted by molar-refractivity contribution is 6.35. The molecule has 0 bridgehead atoms. The third kappa shape index (κ3) is 4.60. The molecule has 0 aliphatic heterocycles. The summed E-state index contributed by atoms with van der Waals surface area (Å²) in [7, 11) is 0. The smallest absolute Gasteiger partial charge is 0.162 e. The largest absolute Gasteiger partial charge is 0.456 e. The SMILES string of the molecule is c1ccc(-c2nc(-c3cccc(-c4ccc5c(c4)c4c(-c6ccccc6)ccc6oc7cccc5c7c64)c3)cc(-n3c4ccccc4c4ccccc43)n2)cc1. The molecule has 260 valence electrons. The van der Waals surface area contributed by atoms with Gasteiger partial charge in [-0.3, -0.25) is 4.57 Å². The molecule has 12 rings (SSSR count). The van der Waals surface area contributed by atoms with Crippen molar-refractivity contribution in [3.63, 3.8) is 0 Å². The van der Waals surface area contributed by atoms with Gasteiger partial charge in [-0.1, -0.05) is 146 Å². The Labute approximate surface area is 321 Å². The molecule has 0 saturated carbocycles. The lowest BCUT2D eigenvalue weighted by atomic mass is 9.88. The first-order valence-electron chi connectivity index (χ1n) is 19.0. The number of hydrogen-bond donors (Lipinski definition) is 0. The van der Waals surface area contributed by atoms with E-state index in [-0.39, 0.29) is 0 Å². The van der Waals surface area contributed by atoms with Crippen LogP contribution in [0.5, 0.6) is 0 Å². The van der Waals surface area contributed by atoms with E-state index in [2.05, 4.69) is 174 Å². The minimum absolute atomic E-state index is 0.686. The van der Waals surface area contributed by atoms with Crippen molar-refractivity contribution in [2.24, 2.45) is 0 Å². The van der Waals surface area contributed by atoms with Crippen molar-refractivity contribution in [2.75, 3.05) is 0 Å². The summed E-state index contributed by atoms with van der Waals surface area (Å²) in [6.45, 7) is 0. The number of furan rings is 1. The van der Waals surface area contributed by atoms with Crippen LogP contribution in [0.25, 0.3) is 116 Å². The minimum atomic E-state index is 0.686. The van der Waals surface area contributed by atoms with E-state index in [1.165, 1.54) is 54.2 Å². The molecule has 0 spiro atoms. The molecule has 0 atom stereocenters. The normalized spacial score (nSPS) is 11.9. The van der Waals surface area contributed by atoms with Gasteiger partial charge in [0.05, 0.1) is 16.7 Å². The Bertz CT molecular complexity index is 3420. The van der Waals surface area contributed by atoms with Crippen molar-refractivity contribution in [3.05, 3.63) is 188 Å². The van der Waals surface area contributed by atoms with Gasteiger partial charge in [-0.25, -0.2) is 9.97 Å². The van der Waals surface area contributed by atoms with Crippen LogP contribution in [0.4, 0.5) is 0 Å². The molecule has 9 aromatic carbocycles. The lowest BCUT2D eigenvalue weighted by Gasteiger charge is -2.15. The van der Waals surface area contributed by atoms with Crippen LogP contribution >= 0.6 is 0 Å². The molecular weight excluding hydrogens is 683 g/mol. The molecule has 56 heavy (non-hydrogen) atoms. The molecule has 4 nitrogen and oxygen atoms in total. The van der Waals surface area contributed by atoms with Gasteiger partial charge in [-0.2, -0.15) is 0 Å². The Balaban J connectivity index is 1.08. The zero-order valence-corrected chi connectivity index (χ0v) is 30.1. The van der Waals surface area contributed by atoms with Crippen molar-refractivity contribution >= 4 is 65.3 Å². The van der Waals surface area contributed by atoms with Crippen LogP contribution in [-0.4, -0.2) is 14.5 Å². The summed E-state index contributed by atoms with van der Waals surface area (Å²) >= 11 is 0. The van der Waals surface area contributed by atoms with Crippen LogP contribution in [0.1, 0.15) is 0 Å². The molecule has 0 aliphatic carbocycles. The number of para-hydroxylation sites is 2. The summed E-state index contributed by atoms with van der Waals surface area (Å²) in [4.78, 5) is 10.5. The zero-order chi connectivity index (χ0) is 36.7. The van der Waals surface area contributed by atoms with E-state index in [9.17, 15) is 0 Å². The molecule has 4 heteroatoms. The van der Waals surface area contributed by atoms with Crippen LogP contribution in [0.3, 0.4) is 0 Å². The average molecular weight is 714 g/mol. The third-order valence-corrected chi connectivity index (χ3v) is 11.4. The Kier molecular flexibility index (Phi) is 6.60. The first-order chi connectivity index (χ1) is 27.8. The summed E-state index contributed by atoms with van der Waals surface area (Å²) in [6.07, 6.45) is 0. The number of aromatic nitrogens is 3. The van der Waals surface area contributed by atoms with Gasteiger partial charge < -0.3 is 4.42 Å². The zero-order valence-electron chi connectivity index (χ0n) is 30.1. The van der Waals surface area contributed by atoms with Crippen LogP contribution in [0.2, 0.25) is 0 Å². The predicted octanol–water partition coefficient (Wildman–Crippen LogP) is 13.9. The van der Waals surface area contributed by atoms with E-state index in [4.69, 9.17) is 14.4 Å². The molecule has 0 radical (unpaired) electrons. The van der Waals surface area contributed by atoms with Crippen molar-refractivity contribution < 1.29 is 4.42 Å². The maximum Gasteiger partial charge on any atom is 0.162 e. The van der Waals surface area contributed by atoms with E-state index in [0.717, 1.165) is 56.0 Å². The summed E-state index contributed by atoms with van der Waals surface area (Å²) in [5.74, 6) is 1.52. The molecule has 0 amide bonds. The van der Waals surface area contributed by atoms with E-state index < -0.39 is 0 Å². The number of fused-ring (bicyclic) bond motifs is 6. The maximum absolute atomic E-state index is 6.47. The number of hydrogen-bond acceptors (Lipinski definition) is 3. The molecule has 0 fully saturated rings. The fourth-order valence-corrected chi connectivity index (χ4v) is 8.88. The first kappa shape index (κ1) is 30.9. The summed E-state index contributed by atoms with van der Waals surface area (Å²) in [5.41, 5.74) is 11.6. The van der Waals surface area contributed by atoms with Crippen molar-refractivity contribution in [2.45, 2.75) is 0 Å². The van der Waals surface area contributed by atoms with Crippen molar-refractivity contribution in [3.8, 4) is 50.7 Å². The third-order valence-electron chi connectivity index (χ3n) is 11.4. The number of rotatable bonds is 5. The second-order valence-corrected chi connectivity index (χ2v) is 14.5. The number of nitrogens with zero attached hydrogens (tertiary/aromatic N) is 3. The Morgan fingerprint density at radius 3 is 1.77 bits per heavy atom. The first-order valence-corrected chi connectivity index (χ1v) is 19.0. The van der Waals surface area contributed by atoms with Gasteiger partial charge in [0, 0.05) is 44.1 Å². The fraction of sp³-hybridized carbons (Fsp3) is 0. The number of benzene rings is 9. The maximum atomic E-state index is 6.47. The summed E-state index contributed by atoms with van der Waals surface area (Å²) in [5, 5.41) is 9.62. The van der Waals surface area contributed by atoms with E-state index in [0.29, 0.717) is 5.82 Å². The fourth-order valence-electron chi connectivity index (χ4n) is 8.88. The molecular formula is C52H31N3O. The highest BCUT2D eigenvalue weighted by Crippen LogP contribution is 2.47. The molecule has 3 aromatic heterocycles. The van der Waals surface area contributed by atoms with Gasteiger partial charge >= 0.3 is 0 Å². The lowest BCUT2D eigenvalue weighted by Crippen LogP contribution is -2.02. The molecule has 0 N–H and O–H groups in total. The molecule has 0 aliphatic rings. The summed E-state index contributed by atoms with van der Waals surface area (Å²) < 4.78 is 8.74. The van der Waals surface area contributed by atoms with Crippen LogP contribution < -0.4 is 0 Å². The lowest BCUT2D eigenvalue weighted by molar-refractivity contribution is 0.669. The Hall–Kier alpha value is -7.56. The van der Waals surface area contributed by atoms with Crippen LogP contribution in [0, 0.1) is 0 Å².